The van der Waals surface area contributed by atoms with Crippen LogP contribution in [0.1, 0.15) is 65.1 Å². The highest BCUT2D eigenvalue weighted by Crippen LogP contribution is 2.43. The number of hydrogen-bond donors (Lipinski definition) is 0. The number of rotatable bonds is 10. The molecule has 0 aliphatic rings. The molecule has 0 N–H and O–H groups in total. The Balaban J connectivity index is 1.00. The summed E-state index contributed by atoms with van der Waals surface area (Å²) in [5.41, 5.74) is 22.7. The number of pyridine rings is 3. The predicted molar refractivity (Wildman–Crippen MR) is 316 cm³/mol. The average molecular weight is 973 g/mol. The molecule has 364 valence electrons. The highest BCUT2D eigenvalue weighted by Gasteiger charge is 2.19. The third-order valence-electron chi connectivity index (χ3n) is 14.3. The van der Waals surface area contributed by atoms with Crippen molar-refractivity contribution >= 4 is 0 Å². The monoisotopic (exact) mass is 973 g/mol. The fourth-order valence-electron chi connectivity index (χ4n) is 9.99. The zero-order valence-corrected chi connectivity index (χ0v) is 43.5. The quantitative estimate of drug-likeness (QED) is 0.137. The van der Waals surface area contributed by atoms with E-state index in [1.807, 2.05) is 25.4 Å². The molecule has 3 aromatic heterocycles. The molecule has 0 spiro atoms. The third kappa shape index (κ3) is 10.3. The molecule has 75 heavy (non-hydrogen) atoms. The van der Waals surface area contributed by atoms with Crippen LogP contribution in [0.5, 0.6) is 0 Å². The van der Waals surface area contributed by atoms with Crippen molar-refractivity contribution < 1.29 is 6.85 Å². The Hall–Kier alpha value is -8.79. The second-order valence-electron chi connectivity index (χ2n) is 21.4. The van der Waals surface area contributed by atoms with Crippen molar-refractivity contribution in [3.05, 3.63) is 260 Å². The van der Waals surface area contributed by atoms with Gasteiger partial charge in [-0.25, -0.2) is 0 Å². The van der Waals surface area contributed by atoms with Gasteiger partial charge in [-0.2, -0.15) is 0 Å². The van der Waals surface area contributed by atoms with E-state index in [1.54, 1.807) is 6.20 Å². The summed E-state index contributed by atoms with van der Waals surface area (Å²) in [5, 5.41) is 0. The first-order chi connectivity index (χ1) is 38.4. The maximum Gasteiger partial charge on any atom is 0.0705 e. The molecule has 0 aliphatic carbocycles. The van der Waals surface area contributed by atoms with E-state index in [2.05, 4.69) is 230 Å². The van der Waals surface area contributed by atoms with Crippen LogP contribution in [0.3, 0.4) is 0 Å². The van der Waals surface area contributed by atoms with Crippen LogP contribution >= 0.6 is 0 Å². The van der Waals surface area contributed by atoms with Crippen LogP contribution in [-0.4, -0.2) is 15.0 Å². The minimum Gasteiger partial charge on any atom is -0.256 e. The molecular weight excluding hydrogens is 907 g/mol. The number of benzene rings is 8. The first-order valence-electron chi connectivity index (χ1n) is 28.1. The summed E-state index contributed by atoms with van der Waals surface area (Å²) in [6, 6.07) is 67.8. The van der Waals surface area contributed by atoms with Gasteiger partial charge in [0.05, 0.1) is 23.9 Å². The predicted octanol–water partition coefficient (Wildman–Crippen LogP) is 19.4. The van der Waals surface area contributed by atoms with Gasteiger partial charge in [-0.05, 0) is 155 Å². The second-order valence-corrected chi connectivity index (χ2v) is 21.4. The van der Waals surface area contributed by atoms with Crippen molar-refractivity contribution in [1.82, 2.24) is 15.0 Å². The SMILES string of the molecule is [2H]c1c([2H])c([2H])c(-c2cnc(-c3ccc(-c4ccccc4-c4cc(-c5ccccc5-c5ccc(-c6cc(C(C)(C)C)ccn6)cc5)cc(-c5ccccc5-c5ccc(-c6cc(C(C)(C)C)ccn6)cc5)c4)cc3)cc2C)c([2H])c1[2H]. The first-order valence-corrected chi connectivity index (χ1v) is 25.6. The van der Waals surface area contributed by atoms with Crippen molar-refractivity contribution in [3.63, 3.8) is 0 Å². The Morgan fingerprint density at radius 1 is 0.307 bits per heavy atom. The maximum atomic E-state index is 8.57. The van der Waals surface area contributed by atoms with Crippen LogP contribution < -0.4 is 0 Å². The molecule has 11 aromatic rings. The summed E-state index contributed by atoms with van der Waals surface area (Å²) in [6.07, 6.45) is 5.43. The van der Waals surface area contributed by atoms with Crippen LogP contribution in [0.25, 0.3) is 112 Å². The van der Waals surface area contributed by atoms with Crippen molar-refractivity contribution in [2.45, 2.75) is 59.3 Å². The molecular formula is C72H61N3. The molecule has 0 aliphatic heterocycles. The topological polar surface area (TPSA) is 38.7 Å². The highest BCUT2D eigenvalue weighted by atomic mass is 14.7. The molecule has 0 bridgehead atoms. The van der Waals surface area contributed by atoms with Crippen LogP contribution in [0, 0.1) is 6.92 Å². The van der Waals surface area contributed by atoms with E-state index in [-0.39, 0.29) is 40.6 Å². The fraction of sp³-hybridized carbons (Fsp3) is 0.125. The maximum absolute atomic E-state index is 8.57. The summed E-state index contributed by atoms with van der Waals surface area (Å²) < 4.78 is 41.7. The highest BCUT2D eigenvalue weighted by molar-refractivity contribution is 5.94. The summed E-state index contributed by atoms with van der Waals surface area (Å²) in [5.74, 6) is 0. The zero-order valence-electron chi connectivity index (χ0n) is 48.5. The molecule has 0 saturated carbocycles. The van der Waals surface area contributed by atoms with Crippen LogP contribution in [0.4, 0.5) is 0 Å². The van der Waals surface area contributed by atoms with E-state index < -0.39 is 6.04 Å². The minimum absolute atomic E-state index is 0.00873. The smallest absolute Gasteiger partial charge is 0.0705 e. The van der Waals surface area contributed by atoms with Crippen molar-refractivity contribution in [1.29, 1.82) is 0 Å². The van der Waals surface area contributed by atoms with Gasteiger partial charge < -0.3 is 0 Å². The van der Waals surface area contributed by atoms with Crippen molar-refractivity contribution in [2.24, 2.45) is 0 Å². The Morgan fingerprint density at radius 2 is 0.627 bits per heavy atom. The van der Waals surface area contributed by atoms with E-state index in [1.165, 1.54) is 11.1 Å². The van der Waals surface area contributed by atoms with E-state index in [9.17, 15) is 0 Å². The Kier molecular flexibility index (Phi) is 11.5. The molecule has 0 saturated heterocycles. The molecule has 0 atom stereocenters. The molecule has 0 amide bonds. The van der Waals surface area contributed by atoms with Crippen LogP contribution in [-0.2, 0) is 10.8 Å². The molecule has 3 heterocycles. The van der Waals surface area contributed by atoms with Crippen molar-refractivity contribution in [3.8, 4) is 112 Å². The molecule has 0 radical (unpaired) electrons. The second kappa shape index (κ2) is 20.3. The lowest BCUT2D eigenvalue weighted by atomic mass is 9.85. The zero-order chi connectivity index (χ0) is 56.0. The van der Waals surface area contributed by atoms with Gasteiger partial charge in [0.2, 0.25) is 0 Å². The summed E-state index contributed by atoms with van der Waals surface area (Å²) in [7, 11) is 0. The van der Waals surface area contributed by atoms with E-state index >= 15 is 0 Å². The molecule has 3 heteroatoms. The standard InChI is InChI=1S/C72H61N3/c1-48-41-68(75-47-67(48)49-17-9-8-10-18-49)53-31-25-50(26-32-53)61-19-11-14-22-64(61)56-42-57(65-23-15-12-20-62(65)51-27-33-54(34-28-51)69-45-59(37-39-73-69)71(2,3)4)44-58(43-56)66-24-16-13-21-63(66)52-29-35-55(36-30-52)70-46-60(38-40-74-70)72(5,6)7/h8-47H,1-7H3/i8D,9D,10D,17D,18D. The molecule has 8 aromatic carbocycles. The van der Waals surface area contributed by atoms with Gasteiger partial charge in [0, 0.05) is 40.8 Å². The fourth-order valence-corrected chi connectivity index (χ4v) is 9.99. The van der Waals surface area contributed by atoms with Crippen LogP contribution in [0.15, 0.2) is 243 Å². The molecule has 11 rings (SSSR count). The lowest BCUT2D eigenvalue weighted by molar-refractivity contribution is 0.589. The van der Waals surface area contributed by atoms with Gasteiger partial charge in [-0.3, -0.25) is 15.0 Å². The summed E-state index contributed by atoms with van der Waals surface area (Å²) in [6.45, 7) is 15.3. The largest absolute Gasteiger partial charge is 0.256 e. The minimum atomic E-state index is -0.417. The molecule has 0 fully saturated rings. The van der Waals surface area contributed by atoms with Gasteiger partial charge >= 0.3 is 0 Å². The Morgan fingerprint density at radius 3 is 0.960 bits per heavy atom. The van der Waals surface area contributed by atoms with E-state index in [0.717, 1.165) is 106 Å². The third-order valence-corrected chi connectivity index (χ3v) is 14.3. The number of hydrogen-bond acceptors (Lipinski definition) is 3. The first kappa shape index (κ1) is 42.7. The number of aromatic nitrogens is 3. The van der Waals surface area contributed by atoms with Crippen molar-refractivity contribution in [2.75, 3.05) is 0 Å². The average Bonchev–Trinajstić information content (AvgIpc) is 3.55. The van der Waals surface area contributed by atoms with Gasteiger partial charge in [-0.1, -0.05) is 217 Å². The van der Waals surface area contributed by atoms with Crippen LogP contribution in [0.2, 0.25) is 0 Å². The summed E-state index contributed by atoms with van der Waals surface area (Å²) >= 11 is 0. The van der Waals surface area contributed by atoms with E-state index in [4.69, 9.17) is 21.8 Å². The Labute approximate surface area is 450 Å². The molecule has 3 nitrogen and oxygen atoms in total. The van der Waals surface area contributed by atoms with E-state index in [0.29, 0.717) is 5.56 Å². The summed E-state index contributed by atoms with van der Waals surface area (Å²) in [4.78, 5) is 14.3. The molecule has 0 unspecified atom stereocenters. The van der Waals surface area contributed by atoms with Gasteiger partial charge in [0.1, 0.15) is 0 Å². The lowest BCUT2D eigenvalue weighted by Gasteiger charge is -2.19. The normalized spacial score (nSPS) is 12.6. The number of aryl methyl sites for hydroxylation is 1. The van der Waals surface area contributed by atoms with Gasteiger partial charge in [-0.15, -0.1) is 0 Å². The number of nitrogens with zero attached hydrogens (tertiary/aromatic N) is 3. The Bertz CT molecular complexity index is 3940. The van der Waals surface area contributed by atoms with Gasteiger partial charge in [0.15, 0.2) is 0 Å². The lowest BCUT2D eigenvalue weighted by Crippen LogP contribution is -2.11. The van der Waals surface area contributed by atoms with Gasteiger partial charge in [0.25, 0.3) is 0 Å².